The van der Waals surface area contributed by atoms with Crippen molar-refractivity contribution in [3.8, 4) is 0 Å². The average molecular weight is 254 g/mol. The first-order valence-corrected chi connectivity index (χ1v) is 6.60. The third kappa shape index (κ3) is 5.17. The molecule has 0 radical (unpaired) electrons. The zero-order valence-corrected chi connectivity index (χ0v) is 12.1. The van der Waals surface area contributed by atoms with Crippen LogP contribution in [0.15, 0.2) is 4.99 Å². The second-order valence-electron chi connectivity index (χ2n) is 5.13. The highest BCUT2D eigenvalue weighted by molar-refractivity contribution is 7.11. The molecular formula is C12H22N4S. The average Bonchev–Trinajstić information content (AvgIpc) is 2.42. The lowest BCUT2D eigenvalue weighted by Gasteiger charge is -2.20. The zero-order valence-electron chi connectivity index (χ0n) is 11.3. The Morgan fingerprint density at radius 1 is 1.41 bits per heavy atom. The van der Waals surface area contributed by atoms with E-state index in [1.54, 1.807) is 11.3 Å². The van der Waals surface area contributed by atoms with Crippen LogP contribution in [0, 0.1) is 13.8 Å². The standard InChI is InChI=1S/C12H22N4S/c1-8-10(17-9(2)15-8)6-7-14-11(13)16-12(3,4)5/h6-7H2,1-5H3,(H3,13,14,16). The lowest BCUT2D eigenvalue weighted by atomic mass is 10.1. The molecule has 4 nitrogen and oxygen atoms in total. The summed E-state index contributed by atoms with van der Waals surface area (Å²) in [6.45, 7) is 11.0. The minimum Gasteiger partial charge on any atom is -0.370 e. The van der Waals surface area contributed by atoms with Gasteiger partial charge in [0.25, 0.3) is 0 Å². The highest BCUT2D eigenvalue weighted by Gasteiger charge is 2.09. The van der Waals surface area contributed by atoms with E-state index in [4.69, 9.17) is 5.73 Å². The van der Waals surface area contributed by atoms with Crippen molar-refractivity contribution in [3.05, 3.63) is 15.6 Å². The Balaban J connectivity index is 2.47. The largest absolute Gasteiger partial charge is 0.370 e. The predicted octanol–water partition coefficient (Wildman–Crippen LogP) is 2.01. The number of nitrogens with zero attached hydrogens (tertiary/aromatic N) is 2. The Hall–Kier alpha value is -1.10. The van der Waals surface area contributed by atoms with E-state index in [0.717, 1.165) is 17.1 Å². The smallest absolute Gasteiger partial charge is 0.188 e. The molecule has 1 rings (SSSR count). The van der Waals surface area contributed by atoms with Gasteiger partial charge in [0.15, 0.2) is 5.96 Å². The molecule has 0 unspecified atom stereocenters. The van der Waals surface area contributed by atoms with Gasteiger partial charge in [-0.1, -0.05) is 0 Å². The Labute approximate surface area is 107 Å². The highest BCUT2D eigenvalue weighted by atomic mass is 32.1. The van der Waals surface area contributed by atoms with Crippen LogP contribution in [-0.4, -0.2) is 23.0 Å². The van der Waals surface area contributed by atoms with Crippen molar-refractivity contribution in [3.63, 3.8) is 0 Å². The Bertz CT molecular complexity index is 401. The molecule has 96 valence electrons. The second kappa shape index (κ2) is 5.49. The number of aryl methyl sites for hydroxylation is 2. The number of thiazole rings is 1. The molecule has 1 aromatic heterocycles. The number of guanidine groups is 1. The van der Waals surface area contributed by atoms with Crippen LogP contribution in [-0.2, 0) is 6.42 Å². The summed E-state index contributed by atoms with van der Waals surface area (Å²) in [5.41, 5.74) is 6.87. The topological polar surface area (TPSA) is 63.3 Å². The van der Waals surface area contributed by atoms with E-state index in [1.165, 1.54) is 4.88 Å². The van der Waals surface area contributed by atoms with Crippen LogP contribution in [0.25, 0.3) is 0 Å². The molecule has 3 N–H and O–H groups in total. The molecule has 5 heteroatoms. The maximum absolute atomic E-state index is 5.79. The molecule has 0 saturated heterocycles. The number of hydrogen-bond acceptors (Lipinski definition) is 3. The molecule has 0 atom stereocenters. The van der Waals surface area contributed by atoms with Gasteiger partial charge in [0, 0.05) is 23.4 Å². The van der Waals surface area contributed by atoms with E-state index in [0.29, 0.717) is 12.5 Å². The SMILES string of the molecule is Cc1nc(C)c(CCN=C(N)NC(C)(C)C)s1. The molecule has 0 spiro atoms. The fraction of sp³-hybridized carbons (Fsp3) is 0.667. The van der Waals surface area contributed by atoms with Crippen LogP contribution >= 0.6 is 11.3 Å². The molecule has 0 aliphatic rings. The third-order valence-corrected chi connectivity index (χ3v) is 3.26. The summed E-state index contributed by atoms with van der Waals surface area (Å²) < 4.78 is 0. The third-order valence-electron chi connectivity index (χ3n) is 2.12. The van der Waals surface area contributed by atoms with Gasteiger partial charge < -0.3 is 11.1 Å². The number of hydrogen-bond donors (Lipinski definition) is 2. The Morgan fingerprint density at radius 2 is 2.06 bits per heavy atom. The first-order chi connectivity index (χ1) is 7.78. The summed E-state index contributed by atoms with van der Waals surface area (Å²) in [5.74, 6) is 0.511. The van der Waals surface area contributed by atoms with Crippen LogP contribution in [0.2, 0.25) is 0 Å². The quantitative estimate of drug-likeness (QED) is 0.640. The molecule has 0 fully saturated rings. The lowest BCUT2D eigenvalue weighted by molar-refractivity contribution is 0.508. The monoisotopic (exact) mass is 254 g/mol. The summed E-state index contributed by atoms with van der Waals surface area (Å²) in [5, 5.41) is 4.25. The molecule has 1 heterocycles. The first kappa shape index (κ1) is 14.0. The number of nitrogens with two attached hydrogens (primary N) is 1. The van der Waals surface area contributed by atoms with Crippen molar-refractivity contribution in [2.75, 3.05) is 6.54 Å². The number of aromatic nitrogens is 1. The summed E-state index contributed by atoms with van der Waals surface area (Å²) >= 11 is 1.74. The van der Waals surface area contributed by atoms with Gasteiger partial charge in [0.2, 0.25) is 0 Å². The van der Waals surface area contributed by atoms with E-state index in [2.05, 4.69) is 36.1 Å². The molecule has 0 aliphatic carbocycles. The summed E-state index contributed by atoms with van der Waals surface area (Å²) in [6.07, 6.45) is 0.907. The van der Waals surface area contributed by atoms with Gasteiger partial charge in [-0.2, -0.15) is 0 Å². The van der Waals surface area contributed by atoms with E-state index in [9.17, 15) is 0 Å². The van der Waals surface area contributed by atoms with E-state index in [-0.39, 0.29) is 5.54 Å². The molecule has 0 saturated carbocycles. The van der Waals surface area contributed by atoms with Gasteiger partial charge in [-0.15, -0.1) is 11.3 Å². The van der Waals surface area contributed by atoms with Gasteiger partial charge in [-0.25, -0.2) is 4.98 Å². The fourth-order valence-electron chi connectivity index (χ4n) is 1.51. The molecule has 1 aromatic rings. The van der Waals surface area contributed by atoms with E-state index < -0.39 is 0 Å². The predicted molar refractivity (Wildman–Crippen MR) is 74.7 cm³/mol. The number of nitrogens with one attached hydrogen (secondary N) is 1. The summed E-state index contributed by atoms with van der Waals surface area (Å²) in [6, 6.07) is 0. The van der Waals surface area contributed by atoms with Crippen LogP contribution in [0.4, 0.5) is 0 Å². The van der Waals surface area contributed by atoms with E-state index in [1.807, 2.05) is 13.8 Å². The molecule has 0 aliphatic heterocycles. The van der Waals surface area contributed by atoms with Gasteiger partial charge in [0.05, 0.1) is 10.7 Å². The maximum Gasteiger partial charge on any atom is 0.188 e. The van der Waals surface area contributed by atoms with Crippen molar-refractivity contribution < 1.29 is 0 Å². The lowest BCUT2D eigenvalue weighted by Crippen LogP contribution is -2.45. The van der Waals surface area contributed by atoms with Gasteiger partial charge >= 0.3 is 0 Å². The van der Waals surface area contributed by atoms with Crippen molar-refractivity contribution in [1.29, 1.82) is 0 Å². The van der Waals surface area contributed by atoms with Crippen molar-refractivity contribution in [2.24, 2.45) is 10.7 Å². The van der Waals surface area contributed by atoms with Gasteiger partial charge in [0.1, 0.15) is 0 Å². The fourth-order valence-corrected chi connectivity index (χ4v) is 2.43. The minimum absolute atomic E-state index is 0.0371. The molecule has 0 amide bonds. The first-order valence-electron chi connectivity index (χ1n) is 5.79. The molecular weight excluding hydrogens is 232 g/mol. The summed E-state index contributed by atoms with van der Waals surface area (Å²) in [4.78, 5) is 10.0. The number of aliphatic imine (C=N–C) groups is 1. The van der Waals surface area contributed by atoms with Gasteiger partial charge in [-0.05, 0) is 34.6 Å². The van der Waals surface area contributed by atoms with Crippen LogP contribution in [0.1, 0.15) is 36.3 Å². The normalized spacial score (nSPS) is 12.9. The number of rotatable bonds is 3. The maximum atomic E-state index is 5.79. The van der Waals surface area contributed by atoms with Crippen LogP contribution < -0.4 is 11.1 Å². The van der Waals surface area contributed by atoms with Crippen LogP contribution in [0.5, 0.6) is 0 Å². The van der Waals surface area contributed by atoms with Gasteiger partial charge in [-0.3, -0.25) is 4.99 Å². The van der Waals surface area contributed by atoms with Crippen LogP contribution in [0.3, 0.4) is 0 Å². The Morgan fingerprint density at radius 3 is 2.53 bits per heavy atom. The summed E-state index contributed by atoms with van der Waals surface area (Å²) in [7, 11) is 0. The van der Waals surface area contributed by atoms with E-state index >= 15 is 0 Å². The molecule has 17 heavy (non-hydrogen) atoms. The molecule has 0 aromatic carbocycles. The van der Waals surface area contributed by atoms with Crippen molar-refractivity contribution >= 4 is 17.3 Å². The van der Waals surface area contributed by atoms with Crippen molar-refractivity contribution in [2.45, 2.75) is 46.6 Å². The Kier molecular flexibility index (Phi) is 4.51. The highest BCUT2D eigenvalue weighted by Crippen LogP contribution is 2.17. The zero-order chi connectivity index (χ0) is 13.1. The minimum atomic E-state index is -0.0371. The van der Waals surface area contributed by atoms with Crippen molar-refractivity contribution in [1.82, 2.24) is 10.3 Å². The second-order valence-corrected chi connectivity index (χ2v) is 6.42. The molecule has 0 bridgehead atoms.